The quantitative estimate of drug-likeness (QED) is 0.792. The lowest BCUT2D eigenvalue weighted by Gasteiger charge is -2.09. The number of aromatic nitrogens is 3. The highest BCUT2D eigenvalue weighted by Crippen LogP contribution is 2.20. The second kappa shape index (κ2) is 5.65. The number of rotatable bonds is 4. The summed E-state index contributed by atoms with van der Waals surface area (Å²) >= 11 is 0. The molecule has 19 heavy (non-hydrogen) atoms. The van der Waals surface area contributed by atoms with Gasteiger partial charge in [0.25, 0.3) is 0 Å². The summed E-state index contributed by atoms with van der Waals surface area (Å²) in [5.74, 6) is -0.356. The van der Waals surface area contributed by atoms with Gasteiger partial charge in [0.15, 0.2) is 0 Å². The van der Waals surface area contributed by atoms with Crippen LogP contribution in [0.4, 0.5) is 0 Å². The van der Waals surface area contributed by atoms with E-state index in [1.807, 2.05) is 32.0 Å². The van der Waals surface area contributed by atoms with Crippen LogP contribution in [0.15, 0.2) is 30.5 Å². The topological polar surface area (TPSA) is 57.0 Å². The van der Waals surface area contributed by atoms with Crippen LogP contribution in [0.2, 0.25) is 0 Å². The standard InChI is InChI=1S/C14H17N3O2/c1-4-19-14(18)13-9-12(16-17(13)10(2)3)11-7-5-6-8-15-11/h5-10H,4H2,1-3H3. The van der Waals surface area contributed by atoms with Crippen LogP contribution >= 0.6 is 0 Å². The number of esters is 1. The van der Waals surface area contributed by atoms with Gasteiger partial charge in [-0.05, 0) is 32.9 Å². The molecule has 0 atom stereocenters. The summed E-state index contributed by atoms with van der Waals surface area (Å²) in [4.78, 5) is 16.2. The summed E-state index contributed by atoms with van der Waals surface area (Å²) in [6.07, 6.45) is 1.70. The molecular formula is C14H17N3O2. The summed E-state index contributed by atoms with van der Waals surface area (Å²) in [5.41, 5.74) is 1.88. The molecule has 2 rings (SSSR count). The van der Waals surface area contributed by atoms with Crippen molar-refractivity contribution in [1.29, 1.82) is 0 Å². The van der Waals surface area contributed by atoms with Gasteiger partial charge in [-0.2, -0.15) is 5.10 Å². The maximum absolute atomic E-state index is 11.9. The van der Waals surface area contributed by atoms with Crippen LogP contribution in [-0.4, -0.2) is 27.3 Å². The first-order valence-corrected chi connectivity index (χ1v) is 6.31. The maximum Gasteiger partial charge on any atom is 0.356 e. The first kappa shape index (κ1) is 13.3. The summed E-state index contributed by atoms with van der Waals surface area (Å²) in [7, 11) is 0. The van der Waals surface area contributed by atoms with Crippen molar-refractivity contribution in [3.8, 4) is 11.4 Å². The van der Waals surface area contributed by atoms with E-state index in [4.69, 9.17) is 4.74 Å². The van der Waals surface area contributed by atoms with Crippen LogP contribution in [-0.2, 0) is 4.74 Å². The molecule has 0 saturated heterocycles. The van der Waals surface area contributed by atoms with Crippen LogP contribution in [0.1, 0.15) is 37.3 Å². The van der Waals surface area contributed by atoms with Crippen molar-refractivity contribution in [3.05, 3.63) is 36.2 Å². The van der Waals surface area contributed by atoms with Crippen LogP contribution in [0.25, 0.3) is 11.4 Å². The van der Waals surface area contributed by atoms with Crippen molar-refractivity contribution in [2.75, 3.05) is 6.61 Å². The van der Waals surface area contributed by atoms with Crippen LogP contribution in [0, 0.1) is 0 Å². The molecule has 0 saturated carbocycles. The van der Waals surface area contributed by atoms with Gasteiger partial charge < -0.3 is 4.74 Å². The highest BCUT2D eigenvalue weighted by atomic mass is 16.5. The first-order valence-electron chi connectivity index (χ1n) is 6.31. The van der Waals surface area contributed by atoms with Crippen molar-refractivity contribution in [1.82, 2.24) is 14.8 Å². The van der Waals surface area contributed by atoms with E-state index in [2.05, 4.69) is 10.1 Å². The molecular weight excluding hydrogens is 242 g/mol. The zero-order valence-corrected chi connectivity index (χ0v) is 11.3. The molecule has 0 N–H and O–H groups in total. The van der Waals surface area contributed by atoms with Crippen LogP contribution < -0.4 is 0 Å². The third-order valence-electron chi connectivity index (χ3n) is 2.64. The molecule has 2 aromatic rings. The summed E-state index contributed by atoms with van der Waals surface area (Å²) in [5, 5.41) is 4.44. The van der Waals surface area contributed by atoms with E-state index in [1.54, 1.807) is 23.9 Å². The molecule has 100 valence electrons. The van der Waals surface area contributed by atoms with E-state index < -0.39 is 0 Å². The Hall–Kier alpha value is -2.17. The van der Waals surface area contributed by atoms with Crippen molar-refractivity contribution in [2.45, 2.75) is 26.8 Å². The molecule has 0 aliphatic heterocycles. The lowest BCUT2D eigenvalue weighted by molar-refractivity contribution is 0.0510. The van der Waals surface area contributed by atoms with Gasteiger partial charge in [-0.15, -0.1) is 0 Å². The Morgan fingerprint density at radius 1 is 1.37 bits per heavy atom. The fourth-order valence-corrected chi connectivity index (χ4v) is 1.79. The number of carbonyl (C=O) groups excluding carboxylic acids is 1. The molecule has 0 amide bonds. The second-order valence-electron chi connectivity index (χ2n) is 4.39. The lowest BCUT2D eigenvalue weighted by atomic mass is 10.2. The Morgan fingerprint density at radius 2 is 2.16 bits per heavy atom. The molecule has 0 spiro atoms. The zero-order chi connectivity index (χ0) is 13.8. The number of carbonyl (C=O) groups is 1. The number of ether oxygens (including phenoxy) is 1. The Balaban J connectivity index is 2.44. The molecule has 0 bridgehead atoms. The molecule has 2 heterocycles. The van der Waals surface area contributed by atoms with E-state index in [-0.39, 0.29) is 12.0 Å². The van der Waals surface area contributed by atoms with Crippen LogP contribution in [0.5, 0.6) is 0 Å². The van der Waals surface area contributed by atoms with E-state index >= 15 is 0 Å². The predicted molar refractivity (Wildman–Crippen MR) is 71.8 cm³/mol. The SMILES string of the molecule is CCOC(=O)c1cc(-c2ccccn2)nn1C(C)C. The average Bonchev–Trinajstić information content (AvgIpc) is 2.85. The average molecular weight is 259 g/mol. The number of pyridine rings is 1. The Bertz CT molecular complexity index is 561. The fourth-order valence-electron chi connectivity index (χ4n) is 1.79. The van der Waals surface area contributed by atoms with E-state index in [1.165, 1.54) is 0 Å². The largest absolute Gasteiger partial charge is 0.461 e. The monoisotopic (exact) mass is 259 g/mol. The minimum Gasteiger partial charge on any atom is -0.461 e. The molecule has 0 radical (unpaired) electrons. The minimum absolute atomic E-state index is 0.0804. The van der Waals surface area contributed by atoms with E-state index in [0.717, 1.165) is 5.69 Å². The number of nitrogens with zero attached hydrogens (tertiary/aromatic N) is 3. The Labute approximate surface area is 112 Å². The maximum atomic E-state index is 11.9. The van der Waals surface area contributed by atoms with Gasteiger partial charge in [0.05, 0.1) is 12.3 Å². The van der Waals surface area contributed by atoms with Gasteiger partial charge >= 0.3 is 5.97 Å². The Kier molecular flexibility index (Phi) is 3.94. The highest BCUT2D eigenvalue weighted by molar-refractivity contribution is 5.89. The zero-order valence-electron chi connectivity index (χ0n) is 11.3. The predicted octanol–water partition coefficient (Wildman–Crippen LogP) is 2.70. The molecule has 5 nitrogen and oxygen atoms in total. The second-order valence-corrected chi connectivity index (χ2v) is 4.39. The highest BCUT2D eigenvalue weighted by Gasteiger charge is 2.19. The molecule has 0 aliphatic carbocycles. The van der Waals surface area contributed by atoms with Gasteiger partial charge in [0.2, 0.25) is 0 Å². The fraction of sp³-hybridized carbons (Fsp3) is 0.357. The van der Waals surface area contributed by atoms with Gasteiger partial charge in [-0.25, -0.2) is 4.79 Å². The normalized spacial score (nSPS) is 10.7. The molecule has 0 fully saturated rings. The number of hydrogen-bond acceptors (Lipinski definition) is 4. The van der Waals surface area contributed by atoms with Crippen molar-refractivity contribution < 1.29 is 9.53 Å². The third-order valence-corrected chi connectivity index (χ3v) is 2.64. The van der Waals surface area contributed by atoms with Crippen molar-refractivity contribution in [2.24, 2.45) is 0 Å². The minimum atomic E-state index is -0.356. The number of hydrogen-bond donors (Lipinski definition) is 0. The smallest absolute Gasteiger partial charge is 0.356 e. The summed E-state index contributed by atoms with van der Waals surface area (Å²) < 4.78 is 6.72. The molecule has 0 unspecified atom stereocenters. The third kappa shape index (κ3) is 2.81. The van der Waals surface area contributed by atoms with Crippen molar-refractivity contribution in [3.63, 3.8) is 0 Å². The lowest BCUT2D eigenvalue weighted by Crippen LogP contribution is -2.14. The molecule has 0 aliphatic rings. The van der Waals surface area contributed by atoms with E-state index in [0.29, 0.717) is 18.0 Å². The summed E-state index contributed by atoms with van der Waals surface area (Å²) in [6, 6.07) is 7.40. The summed E-state index contributed by atoms with van der Waals surface area (Å²) in [6.45, 7) is 6.07. The molecule has 0 aromatic carbocycles. The molecule has 5 heteroatoms. The molecule has 2 aromatic heterocycles. The van der Waals surface area contributed by atoms with Gasteiger partial charge in [-0.1, -0.05) is 6.07 Å². The van der Waals surface area contributed by atoms with Gasteiger partial charge in [0, 0.05) is 18.3 Å². The van der Waals surface area contributed by atoms with Gasteiger partial charge in [0.1, 0.15) is 11.4 Å². The Morgan fingerprint density at radius 3 is 2.74 bits per heavy atom. The van der Waals surface area contributed by atoms with Crippen molar-refractivity contribution >= 4 is 5.97 Å². The van der Waals surface area contributed by atoms with Crippen LogP contribution in [0.3, 0.4) is 0 Å². The van der Waals surface area contributed by atoms with E-state index in [9.17, 15) is 4.79 Å². The van der Waals surface area contributed by atoms with Gasteiger partial charge in [-0.3, -0.25) is 9.67 Å². The first-order chi connectivity index (χ1) is 9.13.